The fraction of sp³-hybridized carbons (Fsp3) is 0.250. The van der Waals surface area contributed by atoms with E-state index in [4.69, 9.17) is 5.73 Å². The summed E-state index contributed by atoms with van der Waals surface area (Å²) in [6, 6.07) is 4.04. The van der Waals surface area contributed by atoms with Crippen molar-refractivity contribution in [2.45, 2.75) is 13.1 Å². The highest BCUT2D eigenvalue weighted by Gasteiger charge is 2.07. The van der Waals surface area contributed by atoms with Crippen molar-refractivity contribution in [3.8, 4) is 0 Å². The van der Waals surface area contributed by atoms with Gasteiger partial charge in [0.15, 0.2) is 5.82 Å². The molecule has 1 heterocycles. The summed E-state index contributed by atoms with van der Waals surface area (Å²) in [5.74, 6) is -0.340. The first-order valence-corrected chi connectivity index (χ1v) is 5.69. The standard InChI is InChI=1S/C12H14FN5O/c1-18-7-16-11(17-18)6-15-5-9-4-8(12(14)19)2-3-10(9)13/h2-4,7,15H,5-6H2,1H3,(H2,14,19). The number of amides is 1. The normalized spacial score (nSPS) is 10.6. The molecule has 0 aliphatic rings. The molecule has 0 spiro atoms. The number of primary amides is 1. The number of halogens is 1. The number of carbonyl (C=O) groups is 1. The molecule has 0 bridgehead atoms. The maximum absolute atomic E-state index is 13.5. The third-order valence-electron chi connectivity index (χ3n) is 2.58. The quantitative estimate of drug-likeness (QED) is 0.814. The van der Waals surface area contributed by atoms with Crippen molar-refractivity contribution in [3.63, 3.8) is 0 Å². The number of nitrogens with one attached hydrogen (secondary N) is 1. The van der Waals surface area contributed by atoms with Crippen molar-refractivity contribution in [3.05, 3.63) is 47.3 Å². The average molecular weight is 263 g/mol. The Morgan fingerprint density at radius 2 is 2.26 bits per heavy atom. The van der Waals surface area contributed by atoms with Gasteiger partial charge in [0.1, 0.15) is 12.1 Å². The van der Waals surface area contributed by atoms with E-state index in [1.165, 1.54) is 18.2 Å². The van der Waals surface area contributed by atoms with Crippen LogP contribution in [0.25, 0.3) is 0 Å². The van der Waals surface area contributed by atoms with E-state index in [0.717, 1.165) is 0 Å². The van der Waals surface area contributed by atoms with Crippen LogP contribution < -0.4 is 11.1 Å². The summed E-state index contributed by atoms with van der Waals surface area (Å²) in [6.45, 7) is 0.687. The number of aromatic nitrogens is 3. The molecule has 1 aromatic carbocycles. The third-order valence-corrected chi connectivity index (χ3v) is 2.58. The van der Waals surface area contributed by atoms with E-state index in [1.54, 1.807) is 18.1 Å². The van der Waals surface area contributed by atoms with Gasteiger partial charge in [0.05, 0.1) is 6.54 Å². The number of benzene rings is 1. The maximum Gasteiger partial charge on any atom is 0.248 e. The lowest BCUT2D eigenvalue weighted by Gasteiger charge is -2.05. The van der Waals surface area contributed by atoms with Gasteiger partial charge < -0.3 is 11.1 Å². The predicted octanol–water partition coefficient (Wildman–Crippen LogP) is 0.343. The van der Waals surface area contributed by atoms with Crippen molar-refractivity contribution >= 4 is 5.91 Å². The molecule has 7 heteroatoms. The molecule has 3 N–H and O–H groups in total. The van der Waals surface area contributed by atoms with Crippen LogP contribution in [0.5, 0.6) is 0 Å². The lowest BCUT2D eigenvalue weighted by molar-refractivity contribution is 0.1000. The SMILES string of the molecule is Cn1cnc(CNCc2cc(C(N)=O)ccc2F)n1. The van der Waals surface area contributed by atoms with E-state index in [1.807, 2.05) is 0 Å². The molecule has 2 rings (SSSR count). The molecule has 0 saturated heterocycles. The van der Waals surface area contributed by atoms with Crippen LogP contribution in [0.1, 0.15) is 21.7 Å². The summed E-state index contributed by atoms with van der Waals surface area (Å²) in [5.41, 5.74) is 5.82. The number of aryl methyl sites for hydroxylation is 1. The van der Waals surface area contributed by atoms with Gasteiger partial charge in [0, 0.05) is 24.7 Å². The maximum atomic E-state index is 13.5. The first-order valence-electron chi connectivity index (χ1n) is 5.69. The Kier molecular flexibility index (Phi) is 3.86. The number of carbonyl (C=O) groups excluding carboxylic acids is 1. The molecule has 6 nitrogen and oxygen atoms in total. The van der Waals surface area contributed by atoms with Gasteiger partial charge in [-0.3, -0.25) is 9.48 Å². The Balaban J connectivity index is 1.99. The Hall–Kier alpha value is -2.28. The van der Waals surface area contributed by atoms with Gasteiger partial charge in [-0.2, -0.15) is 5.10 Å². The molecule has 0 unspecified atom stereocenters. The van der Waals surface area contributed by atoms with E-state index in [-0.39, 0.29) is 17.9 Å². The van der Waals surface area contributed by atoms with Gasteiger partial charge in [0.2, 0.25) is 5.91 Å². The van der Waals surface area contributed by atoms with Gasteiger partial charge in [-0.15, -0.1) is 0 Å². The monoisotopic (exact) mass is 263 g/mol. The van der Waals surface area contributed by atoms with E-state index >= 15 is 0 Å². The van der Waals surface area contributed by atoms with Crippen LogP contribution in [0, 0.1) is 5.82 Å². The van der Waals surface area contributed by atoms with E-state index in [2.05, 4.69) is 15.4 Å². The minimum atomic E-state index is -0.576. The highest BCUT2D eigenvalue weighted by Crippen LogP contribution is 2.10. The predicted molar refractivity (Wildman–Crippen MR) is 66.5 cm³/mol. The van der Waals surface area contributed by atoms with Crippen molar-refractivity contribution < 1.29 is 9.18 Å². The van der Waals surface area contributed by atoms with Gasteiger partial charge in [-0.1, -0.05) is 0 Å². The first kappa shape index (κ1) is 13.2. The smallest absolute Gasteiger partial charge is 0.248 e. The summed E-state index contributed by atoms with van der Waals surface area (Å²) >= 11 is 0. The van der Waals surface area contributed by atoms with E-state index < -0.39 is 5.91 Å². The van der Waals surface area contributed by atoms with Gasteiger partial charge in [0.25, 0.3) is 0 Å². The van der Waals surface area contributed by atoms with Crippen LogP contribution in [-0.4, -0.2) is 20.7 Å². The van der Waals surface area contributed by atoms with E-state index in [9.17, 15) is 9.18 Å². The fourth-order valence-electron chi connectivity index (χ4n) is 1.64. The molecule has 1 amide bonds. The number of hydrogen-bond donors (Lipinski definition) is 2. The van der Waals surface area contributed by atoms with Crippen LogP contribution in [0.4, 0.5) is 4.39 Å². The van der Waals surface area contributed by atoms with Crippen LogP contribution in [0.15, 0.2) is 24.5 Å². The zero-order chi connectivity index (χ0) is 13.8. The van der Waals surface area contributed by atoms with Crippen molar-refractivity contribution in [2.24, 2.45) is 12.8 Å². The minimum absolute atomic E-state index is 0.269. The van der Waals surface area contributed by atoms with Crippen LogP contribution in [0.3, 0.4) is 0 Å². The second-order valence-electron chi connectivity index (χ2n) is 4.11. The van der Waals surface area contributed by atoms with Crippen molar-refractivity contribution in [2.75, 3.05) is 0 Å². The number of hydrogen-bond acceptors (Lipinski definition) is 4. The molecule has 0 aliphatic carbocycles. The largest absolute Gasteiger partial charge is 0.366 e. The summed E-state index contributed by atoms with van der Waals surface area (Å²) < 4.78 is 15.1. The molecule has 0 saturated carbocycles. The van der Waals surface area contributed by atoms with Gasteiger partial charge in [-0.25, -0.2) is 9.37 Å². The number of rotatable bonds is 5. The second kappa shape index (κ2) is 5.57. The minimum Gasteiger partial charge on any atom is -0.366 e. The zero-order valence-corrected chi connectivity index (χ0v) is 10.4. The highest BCUT2D eigenvalue weighted by atomic mass is 19.1. The van der Waals surface area contributed by atoms with E-state index in [0.29, 0.717) is 17.9 Å². The molecule has 2 aromatic rings. The van der Waals surface area contributed by atoms with Gasteiger partial charge >= 0.3 is 0 Å². The average Bonchev–Trinajstić information content (AvgIpc) is 2.77. The molecule has 0 radical (unpaired) electrons. The zero-order valence-electron chi connectivity index (χ0n) is 10.4. The molecular weight excluding hydrogens is 249 g/mol. The molecule has 1 aromatic heterocycles. The number of nitrogens with two attached hydrogens (primary N) is 1. The van der Waals surface area contributed by atoms with Crippen molar-refractivity contribution in [1.82, 2.24) is 20.1 Å². The molecular formula is C12H14FN5O. The second-order valence-corrected chi connectivity index (χ2v) is 4.11. The molecule has 0 aliphatic heterocycles. The Labute approximate surface area is 109 Å². The summed E-state index contributed by atoms with van der Waals surface area (Å²) in [6.07, 6.45) is 1.59. The topological polar surface area (TPSA) is 85.8 Å². The Bertz CT molecular complexity index is 596. The first-order chi connectivity index (χ1) is 9.06. The Morgan fingerprint density at radius 3 is 2.89 bits per heavy atom. The molecule has 100 valence electrons. The highest BCUT2D eigenvalue weighted by molar-refractivity contribution is 5.92. The summed E-state index contributed by atoms with van der Waals surface area (Å²) in [5, 5.41) is 7.09. The molecule has 0 fully saturated rings. The van der Waals surface area contributed by atoms with Crippen LogP contribution in [-0.2, 0) is 20.1 Å². The molecule has 0 atom stereocenters. The van der Waals surface area contributed by atoms with Crippen LogP contribution >= 0.6 is 0 Å². The fourth-order valence-corrected chi connectivity index (χ4v) is 1.64. The summed E-state index contributed by atoms with van der Waals surface area (Å²) in [7, 11) is 1.77. The molecule has 19 heavy (non-hydrogen) atoms. The Morgan fingerprint density at radius 1 is 1.47 bits per heavy atom. The summed E-state index contributed by atoms with van der Waals surface area (Å²) in [4.78, 5) is 15.1. The third kappa shape index (κ3) is 3.35. The lowest BCUT2D eigenvalue weighted by atomic mass is 10.1. The van der Waals surface area contributed by atoms with Crippen LogP contribution in [0.2, 0.25) is 0 Å². The number of nitrogens with zero attached hydrogens (tertiary/aromatic N) is 3. The van der Waals surface area contributed by atoms with Crippen molar-refractivity contribution in [1.29, 1.82) is 0 Å². The lowest BCUT2D eigenvalue weighted by Crippen LogP contribution is -2.17. The van der Waals surface area contributed by atoms with Gasteiger partial charge in [-0.05, 0) is 18.2 Å².